The van der Waals surface area contributed by atoms with Crippen LogP contribution in [0.25, 0.3) is 0 Å². The van der Waals surface area contributed by atoms with Crippen LogP contribution in [0.4, 0.5) is 11.4 Å². The van der Waals surface area contributed by atoms with Gasteiger partial charge in [-0.25, -0.2) is 8.42 Å². The van der Waals surface area contributed by atoms with Crippen LogP contribution in [0.15, 0.2) is 42.5 Å². The monoisotopic (exact) mass is 348 g/mol. The van der Waals surface area contributed by atoms with Crippen molar-refractivity contribution in [2.75, 3.05) is 22.9 Å². The second-order valence-corrected chi connectivity index (χ2v) is 7.28. The highest BCUT2D eigenvalue weighted by atomic mass is 32.2. The Labute approximate surface area is 141 Å². The summed E-state index contributed by atoms with van der Waals surface area (Å²) >= 11 is 0. The van der Waals surface area contributed by atoms with Crippen molar-refractivity contribution in [3.8, 4) is 5.75 Å². The third-order valence-corrected chi connectivity index (χ3v) is 3.93. The maximum absolute atomic E-state index is 11.9. The minimum Gasteiger partial charge on any atom is -0.484 e. The van der Waals surface area contributed by atoms with E-state index in [1.165, 1.54) is 0 Å². The van der Waals surface area contributed by atoms with Gasteiger partial charge in [-0.1, -0.05) is 6.07 Å². The van der Waals surface area contributed by atoms with Gasteiger partial charge in [0.15, 0.2) is 6.61 Å². The third kappa shape index (κ3) is 5.58. The van der Waals surface area contributed by atoms with E-state index in [-0.39, 0.29) is 12.5 Å². The highest BCUT2D eigenvalue weighted by Gasteiger charge is 2.06. The summed E-state index contributed by atoms with van der Waals surface area (Å²) in [5, 5.41) is 2.69. The number of nitrogens with one attached hydrogen (secondary N) is 2. The number of rotatable bonds is 6. The largest absolute Gasteiger partial charge is 0.484 e. The molecule has 0 fully saturated rings. The Morgan fingerprint density at radius 1 is 1.00 bits per heavy atom. The van der Waals surface area contributed by atoms with Gasteiger partial charge in [-0.05, 0) is 61.4 Å². The molecule has 2 N–H and O–H groups in total. The molecule has 6 nitrogen and oxygen atoms in total. The lowest BCUT2D eigenvalue weighted by Gasteiger charge is -2.10. The van der Waals surface area contributed by atoms with Crippen LogP contribution in [-0.4, -0.2) is 27.2 Å². The van der Waals surface area contributed by atoms with E-state index in [0.29, 0.717) is 17.1 Å². The molecule has 2 rings (SSSR count). The van der Waals surface area contributed by atoms with Crippen LogP contribution in [0, 0.1) is 13.8 Å². The Balaban J connectivity index is 1.89. The highest BCUT2D eigenvalue weighted by molar-refractivity contribution is 7.92. The van der Waals surface area contributed by atoms with Crippen LogP contribution in [0.2, 0.25) is 0 Å². The number of anilines is 2. The Morgan fingerprint density at radius 2 is 1.62 bits per heavy atom. The Hall–Kier alpha value is -2.54. The standard InChI is InChI=1S/C17H20N2O4S/c1-12-4-9-16(10-13(12)2)23-11-17(20)18-14-5-7-15(8-6-14)19-24(3,21)22/h4-10,19H,11H2,1-3H3,(H,18,20). The quantitative estimate of drug-likeness (QED) is 0.840. The predicted octanol–water partition coefficient (Wildman–Crippen LogP) is 2.69. The Morgan fingerprint density at radius 3 is 2.21 bits per heavy atom. The predicted molar refractivity (Wildman–Crippen MR) is 94.9 cm³/mol. The second-order valence-electron chi connectivity index (χ2n) is 5.53. The van der Waals surface area contributed by atoms with Crippen LogP contribution >= 0.6 is 0 Å². The molecule has 2 aromatic carbocycles. The summed E-state index contributed by atoms with van der Waals surface area (Å²) in [6.45, 7) is 3.88. The minimum absolute atomic E-state index is 0.105. The lowest BCUT2D eigenvalue weighted by atomic mass is 10.1. The number of amides is 1. The van der Waals surface area contributed by atoms with Crippen molar-refractivity contribution in [3.05, 3.63) is 53.6 Å². The summed E-state index contributed by atoms with van der Waals surface area (Å²) in [5.41, 5.74) is 3.25. The first-order valence-electron chi connectivity index (χ1n) is 7.31. The fraction of sp³-hybridized carbons (Fsp3) is 0.235. The summed E-state index contributed by atoms with van der Waals surface area (Å²) in [5.74, 6) is 0.345. The fourth-order valence-corrected chi connectivity index (χ4v) is 2.55. The molecule has 24 heavy (non-hydrogen) atoms. The Bertz CT molecular complexity index is 830. The van der Waals surface area contributed by atoms with Crippen molar-refractivity contribution in [1.82, 2.24) is 0 Å². The molecule has 0 aliphatic carbocycles. The molecule has 0 radical (unpaired) electrons. The first-order valence-corrected chi connectivity index (χ1v) is 9.20. The zero-order valence-corrected chi connectivity index (χ0v) is 14.6. The number of carbonyl (C=O) groups is 1. The molecule has 7 heteroatoms. The van der Waals surface area contributed by atoms with Crippen LogP contribution in [0.5, 0.6) is 5.75 Å². The van der Waals surface area contributed by atoms with E-state index in [9.17, 15) is 13.2 Å². The summed E-state index contributed by atoms with van der Waals surface area (Å²) < 4.78 is 30.1. The van der Waals surface area contributed by atoms with Gasteiger partial charge in [-0.15, -0.1) is 0 Å². The van der Waals surface area contributed by atoms with Gasteiger partial charge in [0.25, 0.3) is 5.91 Å². The van der Waals surface area contributed by atoms with Gasteiger partial charge >= 0.3 is 0 Å². The van der Waals surface area contributed by atoms with Crippen molar-refractivity contribution in [2.45, 2.75) is 13.8 Å². The summed E-state index contributed by atoms with van der Waals surface area (Å²) in [4.78, 5) is 11.9. The van der Waals surface area contributed by atoms with Crippen molar-refractivity contribution < 1.29 is 17.9 Å². The van der Waals surface area contributed by atoms with E-state index in [4.69, 9.17) is 4.74 Å². The maximum atomic E-state index is 11.9. The molecule has 0 bridgehead atoms. The number of carbonyl (C=O) groups excluding carboxylic acids is 1. The van der Waals surface area contributed by atoms with Gasteiger partial charge in [0.1, 0.15) is 5.75 Å². The molecule has 2 aromatic rings. The van der Waals surface area contributed by atoms with Crippen LogP contribution in [0.3, 0.4) is 0 Å². The zero-order valence-electron chi connectivity index (χ0n) is 13.8. The van der Waals surface area contributed by atoms with E-state index in [1.54, 1.807) is 24.3 Å². The second kappa shape index (κ2) is 7.35. The van der Waals surface area contributed by atoms with Gasteiger partial charge in [0.2, 0.25) is 10.0 Å². The van der Waals surface area contributed by atoms with Crippen LogP contribution in [-0.2, 0) is 14.8 Å². The van der Waals surface area contributed by atoms with Gasteiger partial charge in [-0.2, -0.15) is 0 Å². The molecular formula is C17H20N2O4S. The molecule has 0 saturated heterocycles. The Kier molecular flexibility index (Phi) is 5.46. The van der Waals surface area contributed by atoms with E-state index in [1.807, 2.05) is 32.0 Å². The summed E-state index contributed by atoms with van der Waals surface area (Å²) in [6, 6.07) is 12.0. The molecule has 0 unspecified atom stereocenters. The smallest absolute Gasteiger partial charge is 0.262 e. The van der Waals surface area contributed by atoms with Crippen LogP contribution in [0.1, 0.15) is 11.1 Å². The fourth-order valence-electron chi connectivity index (χ4n) is 1.99. The van der Waals surface area contributed by atoms with E-state index < -0.39 is 10.0 Å². The lowest BCUT2D eigenvalue weighted by molar-refractivity contribution is -0.118. The number of benzene rings is 2. The molecule has 0 saturated carbocycles. The molecule has 1 amide bonds. The summed E-state index contributed by atoms with van der Waals surface area (Å²) in [6.07, 6.45) is 1.08. The van der Waals surface area contributed by atoms with E-state index in [2.05, 4.69) is 10.0 Å². The molecule has 0 spiro atoms. The SMILES string of the molecule is Cc1ccc(OCC(=O)Nc2ccc(NS(C)(=O)=O)cc2)cc1C. The van der Waals surface area contributed by atoms with E-state index in [0.717, 1.165) is 17.4 Å². The minimum atomic E-state index is -3.32. The summed E-state index contributed by atoms with van der Waals surface area (Å²) in [7, 11) is -3.32. The number of ether oxygens (including phenoxy) is 1. The number of aryl methyl sites for hydroxylation is 2. The van der Waals surface area contributed by atoms with Gasteiger partial charge in [0.05, 0.1) is 6.26 Å². The van der Waals surface area contributed by atoms with Crippen molar-refractivity contribution >= 4 is 27.3 Å². The van der Waals surface area contributed by atoms with Gasteiger partial charge < -0.3 is 10.1 Å². The van der Waals surface area contributed by atoms with Gasteiger partial charge in [-0.3, -0.25) is 9.52 Å². The molecule has 0 heterocycles. The molecule has 0 atom stereocenters. The molecule has 0 aliphatic heterocycles. The lowest BCUT2D eigenvalue weighted by Crippen LogP contribution is -2.20. The maximum Gasteiger partial charge on any atom is 0.262 e. The van der Waals surface area contributed by atoms with Crippen molar-refractivity contribution in [3.63, 3.8) is 0 Å². The van der Waals surface area contributed by atoms with Crippen LogP contribution < -0.4 is 14.8 Å². The van der Waals surface area contributed by atoms with Crippen molar-refractivity contribution in [1.29, 1.82) is 0 Å². The number of hydrogen-bond donors (Lipinski definition) is 2. The van der Waals surface area contributed by atoms with Gasteiger partial charge in [0, 0.05) is 11.4 Å². The average Bonchev–Trinajstić information content (AvgIpc) is 2.49. The zero-order chi connectivity index (χ0) is 17.7. The molecule has 128 valence electrons. The highest BCUT2D eigenvalue weighted by Crippen LogP contribution is 2.17. The van der Waals surface area contributed by atoms with E-state index >= 15 is 0 Å². The topological polar surface area (TPSA) is 84.5 Å². The third-order valence-electron chi connectivity index (χ3n) is 3.32. The first-order chi connectivity index (χ1) is 11.2. The molecule has 0 aromatic heterocycles. The van der Waals surface area contributed by atoms with Crippen molar-refractivity contribution in [2.24, 2.45) is 0 Å². The molecule has 0 aliphatic rings. The molecular weight excluding hydrogens is 328 g/mol. The first kappa shape index (κ1) is 17.8. The number of hydrogen-bond acceptors (Lipinski definition) is 4. The number of sulfonamides is 1. The average molecular weight is 348 g/mol. The normalized spacial score (nSPS) is 11.0.